The van der Waals surface area contributed by atoms with Crippen molar-refractivity contribution in [1.82, 2.24) is 0 Å². The third-order valence-electron chi connectivity index (χ3n) is 5.09. The maximum atomic E-state index is 2.47. The van der Waals surface area contributed by atoms with Crippen LogP contribution in [0.1, 0.15) is 111 Å². The summed E-state index contributed by atoms with van der Waals surface area (Å²) in [6.07, 6.45) is 12.1. The molecule has 0 heteroatoms. The van der Waals surface area contributed by atoms with Crippen molar-refractivity contribution in [2.75, 3.05) is 0 Å². The summed E-state index contributed by atoms with van der Waals surface area (Å²) in [5, 5.41) is 0. The van der Waals surface area contributed by atoms with Crippen molar-refractivity contribution in [1.29, 1.82) is 0 Å². The molecule has 134 valence electrons. The Labute approximate surface area is 139 Å². The van der Waals surface area contributed by atoms with E-state index in [0.29, 0.717) is 16.2 Å². The Morgan fingerprint density at radius 2 is 0.857 bits per heavy atom. The summed E-state index contributed by atoms with van der Waals surface area (Å²) in [5.41, 5.74) is 1.38. The normalized spacial score (nSPS) is 21.8. The maximum Gasteiger partial charge on any atom is -0.0110 e. The van der Waals surface area contributed by atoms with Crippen LogP contribution in [0.5, 0.6) is 0 Å². The molecule has 2 aliphatic rings. The van der Waals surface area contributed by atoms with E-state index in [4.69, 9.17) is 0 Å². The second-order valence-corrected chi connectivity index (χ2v) is 6.42. The lowest BCUT2D eigenvalue weighted by atomic mass is 9.52. The van der Waals surface area contributed by atoms with Crippen molar-refractivity contribution >= 4 is 0 Å². The molecule has 21 heavy (non-hydrogen) atoms. The van der Waals surface area contributed by atoms with Gasteiger partial charge in [0.2, 0.25) is 0 Å². The third-order valence-corrected chi connectivity index (χ3v) is 5.09. The van der Waals surface area contributed by atoms with Gasteiger partial charge in [0.1, 0.15) is 0 Å². The van der Waals surface area contributed by atoms with E-state index >= 15 is 0 Å². The average Bonchev–Trinajstić information content (AvgIpc) is 2.45. The Morgan fingerprint density at radius 3 is 1.14 bits per heavy atom. The van der Waals surface area contributed by atoms with Crippen molar-refractivity contribution in [3.63, 3.8) is 0 Å². The fourth-order valence-corrected chi connectivity index (χ4v) is 4.01. The number of hydrogen-bond donors (Lipinski definition) is 0. The minimum absolute atomic E-state index is 0. The van der Waals surface area contributed by atoms with E-state index in [1.54, 1.807) is 0 Å². The van der Waals surface area contributed by atoms with Gasteiger partial charge < -0.3 is 0 Å². The van der Waals surface area contributed by atoms with E-state index in [1.807, 2.05) is 13.8 Å². The molecule has 0 aromatic rings. The monoisotopic (exact) mass is 302 g/mol. The molecule has 0 bridgehead atoms. The minimum atomic E-state index is 0. The summed E-state index contributed by atoms with van der Waals surface area (Å²) in [5.74, 6) is 0. The molecule has 2 aliphatic carbocycles. The first-order valence-electron chi connectivity index (χ1n) is 7.12. The van der Waals surface area contributed by atoms with Crippen LogP contribution in [0.4, 0.5) is 0 Å². The number of allylic oxidation sites excluding steroid dienone is 2. The molecule has 2 rings (SSSR count). The first kappa shape index (κ1) is 32.6. The highest BCUT2D eigenvalue weighted by molar-refractivity contribution is 5.23. The lowest BCUT2D eigenvalue weighted by Crippen LogP contribution is -2.44. The zero-order chi connectivity index (χ0) is 12.4. The van der Waals surface area contributed by atoms with Crippen molar-refractivity contribution in [3.8, 4) is 0 Å². The molecule has 0 aromatic carbocycles. The summed E-state index contributed by atoms with van der Waals surface area (Å²) in [6.45, 7) is 13.7. The van der Waals surface area contributed by atoms with Gasteiger partial charge >= 0.3 is 0 Å². The van der Waals surface area contributed by atoms with Gasteiger partial charge in [-0.1, -0.05) is 110 Å². The highest BCUT2D eigenvalue weighted by Gasteiger charge is 2.55. The van der Waals surface area contributed by atoms with Gasteiger partial charge in [0, 0.05) is 0 Å². The van der Waals surface area contributed by atoms with Crippen LogP contribution in [0, 0.1) is 16.2 Å². The van der Waals surface area contributed by atoms with Gasteiger partial charge in [0.05, 0.1) is 0 Å². The molecule has 0 N–H and O–H groups in total. The average molecular weight is 303 g/mol. The van der Waals surface area contributed by atoms with E-state index in [1.165, 1.54) is 32.1 Å². The molecule has 0 amide bonds. The van der Waals surface area contributed by atoms with Gasteiger partial charge in [0.25, 0.3) is 0 Å². The zero-order valence-corrected chi connectivity index (χ0v) is 12.2. The van der Waals surface area contributed by atoms with Gasteiger partial charge in [0.15, 0.2) is 0 Å². The third kappa shape index (κ3) is 5.15. The Kier molecular flexibility index (Phi) is 17.6. The maximum absolute atomic E-state index is 2.47. The van der Waals surface area contributed by atoms with Gasteiger partial charge in [-0.05, 0) is 29.1 Å². The molecule has 1 spiro atoms. The summed E-state index contributed by atoms with van der Waals surface area (Å²) >= 11 is 0. The van der Waals surface area contributed by atoms with E-state index in [-0.39, 0.29) is 37.1 Å². The first-order valence-corrected chi connectivity index (χ1v) is 7.12. The van der Waals surface area contributed by atoms with E-state index in [9.17, 15) is 0 Å². The molecule has 0 atom stereocenters. The highest BCUT2D eigenvalue weighted by Crippen LogP contribution is 2.64. The van der Waals surface area contributed by atoms with Crippen LogP contribution >= 0.6 is 0 Å². The summed E-state index contributed by atoms with van der Waals surface area (Å²) in [4.78, 5) is 0. The van der Waals surface area contributed by atoms with Crippen molar-refractivity contribution in [3.05, 3.63) is 12.2 Å². The first-order chi connectivity index (χ1) is 7.41. The van der Waals surface area contributed by atoms with Crippen LogP contribution in [0.25, 0.3) is 0 Å². The number of rotatable bonds is 0. The van der Waals surface area contributed by atoms with Crippen LogP contribution in [0.2, 0.25) is 0 Å². The quantitative estimate of drug-likeness (QED) is 0.392. The second-order valence-electron chi connectivity index (χ2n) is 6.42. The summed E-state index contributed by atoms with van der Waals surface area (Å²) in [6, 6.07) is 0. The second kappa shape index (κ2) is 11.3. The minimum Gasteiger partial charge on any atom is -0.0817 e. The fourth-order valence-electron chi connectivity index (χ4n) is 4.01. The molecule has 1 saturated carbocycles. The van der Waals surface area contributed by atoms with Crippen molar-refractivity contribution in [2.45, 2.75) is 111 Å². The van der Waals surface area contributed by atoms with Gasteiger partial charge in [-0.15, -0.1) is 0 Å². The smallest absolute Gasteiger partial charge is 0.0110 e. The van der Waals surface area contributed by atoms with Crippen molar-refractivity contribution < 1.29 is 0 Å². The Hall–Kier alpha value is -0.260. The molecular formula is C21H50. The zero-order valence-electron chi connectivity index (χ0n) is 12.2. The van der Waals surface area contributed by atoms with Crippen LogP contribution in [0.3, 0.4) is 0 Å². The predicted octanol–water partition coefficient (Wildman–Crippen LogP) is 8.77. The topological polar surface area (TPSA) is 0 Å². The lowest BCUT2D eigenvalue weighted by Gasteiger charge is -2.52. The van der Waals surface area contributed by atoms with Crippen molar-refractivity contribution in [2.24, 2.45) is 16.2 Å². The van der Waals surface area contributed by atoms with Crippen LogP contribution < -0.4 is 0 Å². The molecule has 0 radical (unpaired) electrons. The van der Waals surface area contributed by atoms with Crippen LogP contribution in [-0.2, 0) is 0 Å². The van der Waals surface area contributed by atoms with Crippen LogP contribution in [-0.4, -0.2) is 0 Å². The Balaban J connectivity index is -0.000000117. The van der Waals surface area contributed by atoms with Gasteiger partial charge in [-0.25, -0.2) is 0 Å². The predicted molar refractivity (Wildman–Crippen MR) is 107 cm³/mol. The Bertz CT molecular complexity index is 229. The van der Waals surface area contributed by atoms with E-state index in [2.05, 4.69) is 39.8 Å². The molecule has 1 fully saturated rings. The van der Waals surface area contributed by atoms with Gasteiger partial charge in [-0.3, -0.25) is 0 Å². The van der Waals surface area contributed by atoms with E-state index < -0.39 is 0 Å². The molecule has 0 unspecified atom stereocenters. The Morgan fingerprint density at radius 1 is 0.571 bits per heavy atom. The highest BCUT2D eigenvalue weighted by atomic mass is 14.6. The standard InChI is InChI=1S/C14H24.C2H6.5CH4/c1-12(2)10-11-13(3,4)14(12)8-6-5-7-9-14;1-2;;;;;/h10-11H,5-9H2,1-4H3;1-2H3;5*1H4. The largest absolute Gasteiger partial charge is 0.0817 e. The lowest BCUT2D eigenvalue weighted by molar-refractivity contribution is -0.0118. The van der Waals surface area contributed by atoms with Gasteiger partial charge in [-0.2, -0.15) is 0 Å². The molecule has 0 aromatic heterocycles. The molecular weight excluding hydrogens is 252 g/mol. The number of hydrogen-bond acceptors (Lipinski definition) is 0. The summed E-state index contributed by atoms with van der Waals surface area (Å²) < 4.78 is 0. The molecule has 0 heterocycles. The SMILES string of the molecule is C.C.C.C.C.CC.CC1(C)C=CC(C)(C)C12CCCCC2. The molecule has 0 aliphatic heterocycles. The van der Waals surface area contributed by atoms with Crippen LogP contribution in [0.15, 0.2) is 12.2 Å². The summed E-state index contributed by atoms with van der Waals surface area (Å²) in [7, 11) is 0. The molecule has 0 nitrogen and oxygen atoms in total. The van der Waals surface area contributed by atoms with E-state index in [0.717, 1.165) is 0 Å². The fraction of sp³-hybridized carbons (Fsp3) is 0.905. The molecule has 0 saturated heterocycles.